The van der Waals surface area contributed by atoms with Gasteiger partial charge in [0.25, 0.3) is 0 Å². The van der Waals surface area contributed by atoms with Crippen molar-refractivity contribution in [3.8, 4) is 0 Å². The van der Waals surface area contributed by atoms with E-state index in [0.717, 1.165) is 83.5 Å². The van der Waals surface area contributed by atoms with Crippen LogP contribution >= 0.6 is 0 Å². The molecule has 0 rings (SSSR count). The average Bonchev–Trinajstić information content (AvgIpc) is 3.26. The number of ether oxygens (including phenoxy) is 3. The van der Waals surface area contributed by atoms with Crippen LogP contribution in [-0.2, 0) is 28.6 Å². The van der Waals surface area contributed by atoms with E-state index in [1.165, 1.54) is 154 Å². The first-order valence-electron chi connectivity index (χ1n) is 26.5. The van der Waals surface area contributed by atoms with Gasteiger partial charge in [-0.05, 0) is 77.0 Å². The average molecular weight is 857 g/mol. The van der Waals surface area contributed by atoms with Gasteiger partial charge < -0.3 is 14.2 Å². The van der Waals surface area contributed by atoms with Crippen molar-refractivity contribution in [1.29, 1.82) is 0 Å². The monoisotopic (exact) mass is 857 g/mol. The third-order valence-electron chi connectivity index (χ3n) is 11.6. The molecule has 0 saturated heterocycles. The molecule has 0 fully saturated rings. The Morgan fingerprint density at radius 2 is 0.590 bits per heavy atom. The summed E-state index contributed by atoms with van der Waals surface area (Å²) in [6.07, 6.45) is 58.3. The fraction of sp³-hybridized carbons (Fsp3) is 0.836. The highest BCUT2D eigenvalue weighted by Crippen LogP contribution is 2.15. The molecule has 0 bridgehead atoms. The Morgan fingerprint density at radius 1 is 0.328 bits per heavy atom. The molecule has 0 spiro atoms. The highest BCUT2D eigenvalue weighted by molar-refractivity contribution is 5.71. The van der Waals surface area contributed by atoms with E-state index >= 15 is 0 Å². The summed E-state index contributed by atoms with van der Waals surface area (Å²) in [7, 11) is 0. The minimum Gasteiger partial charge on any atom is -0.462 e. The summed E-state index contributed by atoms with van der Waals surface area (Å²) in [6, 6.07) is 0. The molecule has 0 heterocycles. The molecule has 356 valence electrons. The number of carbonyl (C=O) groups excluding carboxylic acids is 3. The SMILES string of the molecule is CCCCC/C=C\C/C=C\CCCCCCCC(=O)OC[C@H](COC(=O)CCCCCCC/C=C\CCCCCC)OC(=O)CCCCCCCCCCCCCCCCC. The maximum absolute atomic E-state index is 12.8. The van der Waals surface area contributed by atoms with Crippen molar-refractivity contribution in [1.82, 2.24) is 0 Å². The van der Waals surface area contributed by atoms with Crippen LogP contribution in [0, 0.1) is 0 Å². The Balaban J connectivity index is 4.38. The predicted molar refractivity (Wildman–Crippen MR) is 261 cm³/mol. The van der Waals surface area contributed by atoms with Crippen molar-refractivity contribution in [2.24, 2.45) is 0 Å². The van der Waals surface area contributed by atoms with Crippen molar-refractivity contribution < 1.29 is 28.6 Å². The number of rotatable bonds is 48. The second-order valence-electron chi connectivity index (χ2n) is 17.8. The van der Waals surface area contributed by atoms with Crippen LogP contribution in [0.15, 0.2) is 36.5 Å². The van der Waals surface area contributed by atoms with Gasteiger partial charge in [-0.25, -0.2) is 0 Å². The number of esters is 3. The number of unbranched alkanes of at least 4 members (excludes halogenated alkanes) is 31. The molecule has 0 amide bonds. The summed E-state index contributed by atoms with van der Waals surface area (Å²) in [5.41, 5.74) is 0. The Hall–Kier alpha value is -2.37. The zero-order valence-electron chi connectivity index (χ0n) is 40.7. The highest BCUT2D eigenvalue weighted by atomic mass is 16.6. The molecule has 0 aliphatic carbocycles. The summed E-state index contributed by atoms with van der Waals surface area (Å²) < 4.78 is 16.8. The molecule has 0 aromatic heterocycles. The maximum atomic E-state index is 12.8. The Labute approximate surface area is 378 Å². The minimum absolute atomic E-state index is 0.0782. The molecule has 0 aliphatic heterocycles. The van der Waals surface area contributed by atoms with E-state index < -0.39 is 6.10 Å². The lowest BCUT2D eigenvalue weighted by Crippen LogP contribution is -2.30. The fourth-order valence-corrected chi connectivity index (χ4v) is 7.59. The Kier molecular flexibility index (Phi) is 48.3. The van der Waals surface area contributed by atoms with Crippen molar-refractivity contribution >= 4 is 17.9 Å². The van der Waals surface area contributed by atoms with Gasteiger partial charge in [0.05, 0.1) is 0 Å². The fourth-order valence-electron chi connectivity index (χ4n) is 7.59. The second kappa shape index (κ2) is 50.3. The van der Waals surface area contributed by atoms with Gasteiger partial charge in [0.1, 0.15) is 13.2 Å². The van der Waals surface area contributed by atoms with Gasteiger partial charge in [-0.15, -0.1) is 0 Å². The van der Waals surface area contributed by atoms with Gasteiger partial charge in [0.15, 0.2) is 6.10 Å². The largest absolute Gasteiger partial charge is 0.462 e. The lowest BCUT2D eigenvalue weighted by Gasteiger charge is -2.18. The van der Waals surface area contributed by atoms with E-state index in [0.29, 0.717) is 19.3 Å². The molecule has 0 aliphatic rings. The first kappa shape index (κ1) is 58.6. The number of hydrogen-bond donors (Lipinski definition) is 0. The minimum atomic E-state index is -0.777. The van der Waals surface area contributed by atoms with Gasteiger partial charge >= 0.3 is 17.9 Å². The predicted octanol–water partition coefficient (Wildman–Crippen LogP) is 17.3. The van der Waals surface area contributed by atoms with Crippen molar-refractivity contribution in [2.45, 2.75) is 284 Å². The molecule has 6 heteroatoms. The molecule has 0 N–H and O–H groups in total. The molecule has 0 aromatic carbocycles. The third-order valence-corrected chi connectivity index (χ3v) is 11.6. The first-order valence-corrected chi connectivity index (χ1v) is 26.5. The molecular weight excluding hydrogens is 757 g/mol. The molecule has 0 aromatic rings. The van der Waals surface area contributed by atoms with E-state index in [-0.39, 0.29) is 31.1 Å². The summed E-state index contributed by atoms with van der Waals surface area (Å²) in [6.45, 7) is 6.60. The molecular formula is C55H100O6. The summed E-state index contributed by atoms with van der Waals surface area (Å²) in [5, 5.41) is 0. The summed E-state index contributed by atoms with van der Waals surface area (Å²) >= 11 is 0. The van der Waals surface area contributed by atoms with Gasteiger partial charge in [-0.2, -0.15) is 0 Å². The summed E-state index contributed by atoms with van der Waals surface area (Å²) in [4.78, 5) is 38.0. The van der Waals surface area contributed by atoms with E-state index in [1.807, 2.05) is 0 Å². The van der Waals surface area contributed by atoms with E-state index in [4.69, 9.17) is 14.2 Å². The van der Waals surface area contributed by atoms with E-state index in [2.05, 4.69) is 57.2 Å². The van der Waals surface area contributed by atoms with Crippen LogP contribution < -0.4 is 0 Å². The topological polar surface area (TPSA) is 78.9 Å². The van der Waals surface area contributed by atoms with Crippen molar-refractivity contribution in [2.75, 3.05) is 13.2 Å². The van der Waals surface area contributed by atoms with Crippen molar-refractivity contribution in [3.05, 3.63) is 36.5 Å². The highest BCUT2D eigenvalue weighted by Gasteiger charge is 2.19. The van der Waals surface area contributed by atoms with Crippen molar-refractivity contribution in [3.63, 3.8) is 0 Å². The number of carbonyl (C=O) groups is 3. The van der Waals surface area contributed by atoms with Crippen LogP contribution in [0.4, 0.5) is 0 Å². The Morgan fingerprint density at radius 3 is 0.967 bits per heavy atom. The zero-order valence-corrected chi connectivity index (χ0v) is 40.7. The standard InChI is InChI=1S/C55H100O6/c1-4-7-10-13-16-19-22-25-27-30-33-36-39-42-45-48-54(57)60-51-52(50-59-53(56)47-44-41-38-35-32-29-24-21-18-15-12-9-6-3)61-55(58)49-46-43-40-37-34-31-28-26-23-20-17-14-11-8-5-2/h16,19,21,24-25,27,52H,4-15,17-18,20,22-23,26,28-51H2,1-3H3/b19-16-,24-21-,27-25-/t52-/m0/s1. The van der Waals surface area contributed by atoms with Crippen LogP contribution in [0.3, 0.4) is 0 Å². The second-order valence-corrected chi connectivity index (χ2v) is 17.8. The lowest BCUT2D eigenvalue weighted by molar-refractivity contribution is -0.167. The van der Waals surface area contributed by atoms with Crippen LogP contribution in [0.25, 0.3) is 0 Å². The molecule has 0 unspecified atom stereocenters. The van der Waals surface area contributed by atoms with Crippen LogP contribution in [0.2, 0.25) is 0 Å². The molecule has 6 nitrogen and oxygen atoms in total. The number of hydrogen-bond acceptors (Lipinski definition) is 6. The molecule has 1 atom stereocenters. The van der Waals surface area contributed by atoms with E-state index in [9.17, 15) is 14.4 Å². The quantitative estimate of drug-likeness (QED) is 0.0262. The van der Waals surface area contributed by atoms with Gasteiger partial charge in [0, 0.05) is 19.3 Å². The van der Waals surface area contributed by atoms with Gasteiger partial charge in [-0.1, -0.05) is 218 Å². The third kappa shape index (κ3) is 48.5. The normalized spacial score (nSPS) is 12.2. The van der Waals surface area contributed by atoms with Gasteiger partial charge in [0.2, 0.25) is 0 Å². The van der Waals surface area contributed by atoms with Crippen LogP contribution in [-0.4, -0.2) is 37.2 Å². The first-order chi connectivity index (χ1) is 30.0. The molecule has 61 heavy (non-hydrogen) atoms. The van der Waals surface area contributed by atoms with Crippen LogP contribution in [0.5, 0.6) is 0 Å². The van der Waals surface area contributed by atoms with Gasteiger partial charge in [-0.3, -0.25) is 14.4 Å². The lowest BCUT2D eigenvalue weighted by atomic mass is 10.0. The Bertz CT molecular complexity index is 1030. The van der Waals surface area contributed by atoms with E-state index in [1.54, 1.807) is 0 Å². The van der Waals surface area contributed by atoms with Crippen LogP contribution in [0.1, 0.15) is 278 Å². The smallest absolute Gasteiger partial charge is 0.306 e. The number of allylic oxidation sites excluding steroid dienone is 6. The molecule has 0 saturated carbocycles. The maximum Gasteiger partial charge on any atom is 0.306 e. The molecule has 0 radical (unpaired) electrons. The zero-order chi connectivity index (χ0) is 44.4. The summed E-state index contributed by atoms with van der Waals surface area (Å²) in [5.74, 6) is -0.888.